The molecular formula is C21H21N3O. The molecule has 1 heterocycles. The van der Waals surface area contributed by atoms with Crippen molar-refractivity contribution in [3.63, 3.8) is 0 Å². The lowest BCUT2D eigenvalue weighted by Gasteiger charge is -2.25. The third kappa shape index (κ3) is 3.33. The van der Waals surface area contributed by atoms with Gasteiger partial charge in [-0.05, 0) is 37.0 Å². The van der Waals surface area contributed by atoms with Gasteiger partial charge in [-0.1, -0.05) is 55.0 Å². The summed E-state index contributed by atoms with van der Waals surface area (Å²) in [7, 11) is 0. The van der Waals surface area contributed by atoms with Gasteiger partial charge < -0.3 is 5.32 Å². The van der Waals surface area contributed by atoms with E-state index in [1.54, 1.807) is 0 Å². The van der Waals surface area contributed by atoms with E-state index in [-0.39, 0.29) is 5.91 Å². The zero-order valence-electron chi connectivity index (χ0n) is 14.1. The van der Waals surface area contributed by atoms with Crippen LogP contribution >= 0.6 is 0 Å². The molecule has 0 aliphatic heterocycles. The molecule has 0 atom stereocenters. The maximum atomic E-state index is 12.5. The lowest BCUT2D eigenvalue weighted by Crippen LogP contribution is -2.32. The fourth-order valence-corrected chi connectivity index (χ4v) is 3.10. The first kappa shape index (κ1) is 15.6. The summed E-state index contributed by atoms with van der Waals surface area (Å²) in [6.07, 6.45) is 3.71. The number of amides is 1. The molecule has 0 bridgehead atoms. The average molecular weight is 331 g/mol. The van der Waals surface area contributed by atoms with Crippen molar-refractivity contribution in [3.05, 3.63) is 72.4 Å². The van der Waals surface area contributed by atoms with Crippen molar-refractivity contribution in [2.45, 2.75) is 19.3 Å². The first-order chi connectivity index (χ1) is 12.3. The molecule has 0 saturated heterocycles. The zero-order valence-corrected chi connectivity index (χ0v) is 14.1. The van der Waals surface area contributed by atoms with Gasteiger partial charge in [-0.2, -0.15) is 5.10 Å². The summed E-state index contributed by atoms with van der Waals surface area (Å²) in [6, 6.07) is 21.8. The van der Waals surface area contributed by atoms with Crippen LogP contribution in [0.4, 0.5) is 0 Å². The number of benzene rings is 2. The Bertz CT molecular complexity index is 794. The van der Waals surface area contributed by atoms with E-state index in [1.807, 2.05) is 71.4 Å². The Labute approximate surface area is 147 Å². The van der Waals surface area contributed by atoms with E-state index in [2.05, 4.69) is 10.4 Å². The van der Waals surface area contributed by atoms with E-state index in [4.69, 9.17) is 0 Å². The molecule has 2 aromatic carbocycles. The molecule has 1 aliphatic rings. The predicted octanol–water partition coefficient (Wildman–Crippen LogP) is 4.07. The van der Waals surface area contributed by atoms with Gasteiger partial charge in [-0.15, -0.1) is 0 Å². The fourth-order valence-electron chi connectivity index (χ4n) is 3.10. The van der Waals surface area contributed by atoms with Crippen LogP contribution in [0.1, 0.15) is 29.8 Å². The fraction of sp³-hybridized carbons (Fsp3) is 0.238. The normalized spacial score (nSPS) is 14.1. The summed E-state index contributed by atoms with van der Waals surface area (Å²) in [4.78, 5) is 12.5. The summed E-state index contributed by atoms with van der Waals surface area (Å²) in [6.45, 7) is 0.748. The Morgan fingerprint density at radius 1 is 1.04 bits per heavy atom. The van der Waals surface area contributed by atoms with E-state index >= 15 is 0 Å². The van der Waals surface area contributed by atoms with Gasteiger partial charge >= 0.3 is 0 Å². The van der Waals surface area contributed by atoms with Crippen LogP contribution in [0.25, 0.3) is 16.9 Å². The molecule has 1 aromatic heterocycles. The average Bonchev–Trinajstić information content (AvgIpc) is 3.07. The maximum Gasteiger partial charge on any atom is 0.271 e. The van der Waals surface area contributed by atoms with Crippen LogP contribution in [-0.4, -0.2) is 22.2 Å². The summed E-state index contributed by atoms with van der Waals surface area (Å²) in [5, 5.41) is 7.61. The Morgan fingerprint density at radius 3 is 2.36 bits per heavy atom. The first-order valence-electron chi connectivity index (χ1n) is 8.80. The van der Waals surface area contributed by atoms with E-state index in [0.717, 1.165) is 23.5 Å². The van der Waals surface area contributed by atoms with Gasteiger partial charge in [0.2, 0.25) is 0 Å². The number of para-hydroxylation sites is 1. The van der Waals surface area contributed by atoms with Crippen LogP contribution in [-0.2, 0) is 0 Å². The van der Waals surface area contributed by atoms with Gasteiger partial charge in [0.15, 0.2) is 5.69 Å². The molecule has 1 saturated carbocycles. The van der Waals surface area contributed by atoms with E-state index in [9.17, 15) is 4.79 Å². The van der Waals surface area contributed by atoms with Crippen molar-refractivity contribution < 1.29 is 4.79 Å². The van der Waals surface area contributed by atoms with Crippen molar-refractivity contribution in [2.24, 2.45) is 5.92 Å². The van der Waals surface area contributed by atoms with Gasteiger partial charge in [0.25, 0.3) is 5.91 Å². The summed E-state index contributed by atoms with van der Waals surface area (Å²) >= 11 is 0. The van der Waals surface area contributed by atoms with Crippen molar-refractivity contribution in [1.82, 2.24) is 15.1 Å². The minimum atomic E-state index is -0.0984. The van der Waals surface area contributed by atoms with Gasteiger partial charge in [-0.3, -0.25) is 4.79 Å². The van der Waals surface area contributed by atoms with Gasteiger partial charge in [-0.25, -0.2) is 4.68 Å². The van der Waals surface area contributed by atoms with Crippen molar-refractivity contribution >= 4 is 5.91 Å². The smallest absolute Gasteiger partial charge is 0.271 e. The Hall–Kier alpha value is -2.88. The van der Waals surface area contributed by atoms with Crippen molar-refractivity contribution in [2.75, 3.05) is 6.54 Å². The highest BCUT2D eigenvalue weighted by Gasteiger charge is 2.20. The quantitative estimate of drug-likeness (QED) is 0.766. The monoisotopic (exact) mass is 331 g/mol. The number of hydrogen-bond acceptors (Lipinski definition) is 2. The Balaban J connectivity index is 1.67. The van der Waals surface area contributed by atoms with Crippen LogP contribution in [0.2, 0.25) is 0 Å². The van der Waals surface area contributed by atoms with Crippen LogP contribution in [0.5, 0.6) is 0 Å². The second kappa shape index (κ2) is 6.93. The summed E-state index contributed by atoms with van der Waals surface area (Å²) in [5.41, 5.74) is 3.36. The zero-order chi connectivity index (χ0) is 17.1. The highest BCUT2D eigenvalue weighted by atomic mass is 16.1. The molecule has 126 valence electrons. The maximum absolute atomic E-state index is 12.5. The van der Waals surface area contributed by atoms with Crippen LogP contribution in [0, 0.1) is 5.92 Å². The van der Waals surface area contributed by atoms with Crippen molar-refractivity contribution in [3.8, 4) is 16.9 Å². The molecule has 1 amide bonds. The third-order valence-electron chi connectivity index (χ3n) is 4.79. The first-order valence-corrected chi connectivity index (χ1v) is 8.80. The van der Waals surface area contributed by atoms with Gasteiger partial charge in [0.05, 0.1) is 11.4 Å². The van der Waals surface area contributed by atoms with E-state index in [1.165, 1.54) is 19.3 Å². The van der Waals surface area contributed by atoms with E-state index < -0.39 is 0 Å². The SMILES string of the molecule is O=C(NCC1CCC1)c1cc(-c2ccccc2)n(-c2ccccc2)n1. The van der Waals surface area contributed by atoms with Gasteiger partial charge in [0, 0.05) is 12.1 Å². The molecule has 0 spiro atoms. The molecule has 1 aliphatic carbocycles. The Kier molecular flexibility index (Phi) is 4.34. The number of hydrogen-bond donors (Lipinski definition) is 1. The molecule has 4 heteroatoms. The minimum Gasteiger partial charge on any atom is -0.350 e. The third-order valence-corrected chi connectivity index (χ3v) is 4.79. The van der Waals surface area contributed by atoms with Crippen LogP contribution < -0.4 is 5.32 Å². The number of aromatic nitrogens is 2. The summed E-state index contributed by atoms with van der Waals surface area (Å²) in [5.74, 6) is 0.535. The van der Waals surface area contributed by atoms with Gasteiger partial charge in [0.1, 0.15) is 0 Å². The number of rotatable bonds is 5. The molecule has 0 radical (unpaired) electrons. The molecular weight excluding hydrogens is 310 g/mol. The molecule has 4 rings (SSSR count). The van der Waals surface area contributed by atoms with E-state index in [0.29, 0.717) is 11.6 Å². The number of nitrogens with one attached hydrogen (secondary N) is 1. The lowest BCUT2D eigenvalue weighted by atomic mass is 9.85. The molecule has 3 aromatic rings. The molecule has 1 fully saturated rings. The number of carbonyl (C=O) groups excluding carboxylic acids is 1. The second-order valence-corrected chi connectivity index (χ2v) is 6.54. The van der Waals surface area contributed by atoms with Crippen LogP contribution in [0.3, 0.4) is 0 Å². The highest BCUT2D eigenvalue weighted by Crippen LogP contribution is 2.26. The molecule has 25 heavy (non-hydrogen) atoms. The van der Waals surface area contributed by atoms with Crippen LogP contribution in [0.15, 0.2) is 66.7 Å². The lowest BCUT2D eigenvalue weighted by molar-refractivity contribution is 0.0933. The minimum absolute atomic E-state index is 0.0984. The van der Waals surface area contributed by atoms with Crippen molar-refractivity contribution in [1.29, 1.82) is 0 Å². The number of carbonyl (C=O) groups is 1. The predicted molar refractivity (Wildman–Crippen MR) is 98.7 cm³/mol. The largest absolute Gasteiger partial charge is 0.350 e. The highest BCUT2D eigenvalue weighted by molar-refractivity contribution is 5.93. The Morgan fingerprint density at radius 2 is 1.72 bits per heavy atom. The topological polar surface area (TPSA) is 46.9 Å². The molecule has 4 nitrogen and oxygen atoms in total. The standard InChI is InChI=1S/C21H21N3O/c25-21(22-15-16-8-7-9-16)19-14-20(17-10-3-1-4-11-17)24(23-19)18-12-5-2-6-13-18/h1-6,10-14,16H,7-9,15H2,(H,22,25). The second-order valence-electron chi connectivity index (χ2n) is 6.54. The molecule has 0 unspecified atom stereocenters. The summed E-state index contributed by atoms with van der Waals surface area (Å²) < 4.78 is 1.84. The molecule has 1 N–H and O–H groups in total. The number of nitrogens with zero attached hydrogens (tertiary/aromatic N) is 2.